The third-order valence-electron chi connectivity index (χ3n) is 1.18. The second kappa shape index (κ2) is 3.19. The number of hydrogen-bond donors (Lipinski definition) is 0. The van der Waals surface area contributed by atoms with E-state index in [1.807, 2.05) is 0 Å². The highest BCUT2D eigenvalue weighted by molar-refractivity contribution is 6.31. The highest BCUT2D eigenvalue weighted by Crippen LogP contribution is 2.21. The minimum atomic E-state index is -0.674. The zero-order chi connectivity index (χ0) is 9.14. The van der Waals surface area contributed by atoms with Crippen molar-refractivity contribution in [1.29, 1.82) is 5.26 Å². The largest absolute Gasteiger partial charge is 0.362 e. The molecule has 0 spiro atoms. The number of nitro groups is 1. The molecule has 0 saturated carbocycles. The van der Waals surface area contributed by atoms with Crippen LogP contribution in [-0.2, 0) is 6.54 Å². The summed E-state index contributed by atoms with van der Waals surface area (Å²) >= 11 is 5.39. The lowest BCUT2D eigenvalue weighted by molar-refractivity contribution is -0.391. The van der Waals surface area contributed by atoms with E-state index in [1.54, 1.807) is 6.07 Å². The van der Waals surface area contributed by atoms with Crippen LogP contribution in [0.3, 0.4) is 0 Å². The van der Waals surface area contributed by atoms with Gasteiger partial charge in [-0.15, -0.1) is 0 Å². The van der Waals surface area contributed by atoms with Gasteiger partial charge >= 0.3 is 5.82 Å². The molecule has 7 heteroatoms. The Morgan fingerprint density at radius 3 is 3.08 bits per heavy atom. The third-order valence-corrected chi connectivity index (χ3v) is 1.45. The minimum absolute atomic E-state index is 0.129. The van der Waals surface area contributed by atoms with Gasteiger partial charge in [0.1, 0.15) is 6.07 Å². The van der Waals surface area contributed by atoms with Gasteiger partial charge in [0.15, 0.2) is 12.9 Å². The Bertz CT molecular complexity index is 353. The summed E-state index contributed by atoms with van der Waals surface area (Å²) in [6.45, 7) is -0.129. The lowest BCUT2D eigenvalue weighted by Gasteiger charge is -1.94. The first-order chi connectivity index (χ1) is 5.66. The molecule has 0 N–H and O–H groups in total. The molecule has 0 aliphatic carbocycles. The van der Waals surface area contributed by atoms with Crippen molar-refractivity contribution in [2.24, 2.45) is 0 Å². The van der Waals surface area contributed by atoms with Gasteiger partial charge in [-0.25, -0.2) is 0 Å². The van der Waals surface area contributed by atoms with Gasteiger partial charge in [0.2, 0.25) is 5.15 Å². The van der Waals surface area contributed by atoms with Crippen LogP contribution < -0.4 is 0 Å². The number of nitriles is 1. The molecular weight excluding hydrogens is 184 g/mol. The Balaban J connectivity index is 3.14. The van der Waals surface area contributed by atoms with Gasteiger partial charge in [-0.05, 0) is 4.92 Å². The van der Waals surface area contributed by atoms with Gasteiger partial charge in [0, 0.05) is 0 Å². The normalized spacial score (nSPS) is 9.33. The van der Waals surface area contributed by atoms with E-state index in [0.29, 0.717) is 0 Å². The van der Waals surface area contributed by atoms with Crippen molar-refractivity contribution < 1.29 is 4.92 Å². The molecule has 62 valence electrons. The first kappa shape index (κ1) is 8.49. The van der Waals surface area contributed by atoms with Crippen LogP contribution in [0.4, 0.5) is 5.82 Å². The van der Waals surface area contributed by atoms with Gasteiger partial charge in [0.25, 0.3) is 0 Å². The van der Waals surface area contributed by atoms with Crippen molar-refractivity contribution in [3.8, 4) is 6.07 Å². The second-order valence-corrected chi connectivity index (χ2v) is 2.26. The molecule has 0 amide bonds. The summed E-state index contributed by atoms with van der Waals surface area (Å²) in [5, 5.41) is 18.4. The van der Waals surface area contributed by atoms with Crippen molar-refractivity contribution in [1.82, 2.24) is 9.55 Å². The SMILES string of the molecule is N#CCn1cnc(Cl)c1[N+](=O)[O-]. The van der Waals surface area contributed by atoms with Crippen LogP contribution in [0.2, 0.25) is 5.15 Å². The van der Waals surface area contributed by atoms with Crippen LogP contribution >= 0.6 is 11.6 Å². The summed E-state index contributed by atoms with van der Waals surface area (Å²) < 4.78 is 1.07. The Morgan fingerprint density at radius 1 is 1.92 bits per heavy atom. The maximum Gasteiger partial charge on any atom is 0.362 e. The van der Waals surface area contributed by atoms with Gasteiger partial charge in [-0.3, -0.25) is 0 Å². The summed E-state index contributed by atoms with van der Waals surface area (Å²) in [6, 6.07) is 1.75. The van der Waals surface area contributed by atoms with Crippen LogP contribution in [0.1, 0.15) is 0 Å². The second-order valence-electron chi connectivity index (χ2n) is 1.90. The molecule has 6 nitrogen and oxygen atoms in total. The molecule has 0 atom stereocenters. The fourth-order valence-electron chi connectivity index (χ4n) is 0.723. The summed E-state index contributed by atoms with van der Waals surface area (Å²) in [5.41, 5.74) is 0. The molecule has 1 aromatic rings. The van der Waals surface area contributed by atoms with Crippen molar-refractivity contribution in [2.75, 3.05) is 0 Å². The molecule has 0 unspecified atom stereocenters. The highest BCUT2D eigenvalue weighted by atomic mass is 35.5. The van der Waals surface area contributed by atoms with E-state index in [1.165, 1.54) is 0 Å². The fraction of sp³-hybridized carbons (Fsp3) is 0.200. The van der Waals surface area contributed by atoms with Crippen molar-refractivity contribution in [3.63, 3.8) is 0 Å². The molecule has 0 bridgehead atoms. The van der Waals surface area contributed by atoms with Crippen LogP contribution in [0.5, 0.6) is 0 Å². The monoisotopic (exact) mass is 186 g/mol. The smallest absolute Gasteiger partial charge is 0.358 e. The zero-order valence-corrected chi connectivity index (χ0v) is 6.52. The molecular formula is C5H3ClN4O2. The molecule has 0 radical (unpaired) electrons. The number of imidazole rings is 1. The maximum atomic E-state index is 10.3. The standard InChI is InChI=1S/C5H3ClN4O2/c6-4-5(10(11)12)9(2-1-7)3-8-4/h3H,2H2. The predicted octanol–water partition coefficient (Wildman–Crippen LogP) is 0.968. The molecule has 0 aromatic carbocycles. The minimum Gasteiger partial charge on any atom is -0.358 e. The van der Waals surface area contributed by atoms with Gasteiger partial charge in [0.05, 0.1) is 0 Å². The number of aromatic nitrogens is 2. The molecule has 12 heavy (non-hydrogen) atoms. The summed E-state index contributed by atoms with van der Waals surface area (Å²) in [4.78, 5) is 13.1. The Labute approximate surface area is 72.1 Å². The Hall–Kier alpha value is -1.61. The van der Waals surface area contributed by atoms with Gasteiger partial charge in [-0.2, -0.15) is 14.8 Å². The number of hydrogen-bond acceptors (Lipinski definition) is 4. The zero-order valence-electron chi connectivity index (χ0n) is 5.77. The maximum absolute atomic E-state index is 10.3. The molecule has 1 heterocycles. The summed E-state index contributed by atoms with van der Waals surface area (Å²) in [7, 11) is 0. The number of nitrogens with zero attached hydrogens (tertiary/aromatic N) is 4. The van der Waals surface area contributed by atoms with E-state index in [-0.39, 0.29) is 17.5 Å². The van der Waals surface area contributed by atoms with E-state index >= 15 is 0 Å². The van der Waals surface area contributed by atoms with E-state index < -0.39 is 4.92 Å². The molecule has 0 fully saturated rings. The predicted molar refractivity (Wildman–Crippen MR) is 39.5 cm³/mol. The van der Waals surface area contributed by atoms with Crippen molar-refractivity contribution in [3.05, 3.63) is 21.6 Å². The quantitative estimate of drug-likeness (QED) is 0.509. The van der Waals surface area contributed by atoms with E-state index in [9.17, 15) is 10.1 Å². The average Bonchev–Trinajstić information content (AvgIpc) is 2.32. The third kappa shape index (κ3) is 1.35. The first-order valence-corrected chi connectivity index (χ1v) is 3.26. The lowest BCUT2D eigenvalue weighted by atomic mass is 10.6. The van der Waals surface area contributed by atoms with Crippen LogP contribution in [-0.4, -0.2) is 14.5 Å². The van der Waals surface area contributed by atoms with Gasteiger partial charge < -0.3 is 10.1 Å². The molecule has 0 saturated heterocycles. The highest BCUT2D eigenvalue weighted by Gasteiger charge is 2.19. The Morgan fingerprint density at radius 2 is 2.58 bits per heavy atom. The number of rotatable bonds is 2. The van der Waals surface area contributed by atoms with Crippen LogP contribution in [0, 0.1) is 21.4 Å². The molecule has 1 aromatic heterocycles. The fourth-order valence-corrected chi connectivity index (χ4v) is 0.945. The molecule has 1 rings (SSSR count). The molecule has 0 aliphatic rings. The molecule has 0 aliphatic heterocycles. The van der Waals surface area contributed by atoms with Crippen LogP contribution in [0.25, 0.3) is 0 Å². The van der Waals surface area contributed by atoms with Crippen molar-refractivity contribution in [2.45, 2.75) is 6.54 Å². The lowest BCUT2D eigenvalue weighted by Crippen LogP contribution is -2.00. The first-order valence-electron chi connectivity index (χ1n) is 2.88. The Kier molecular flexibility index (Phi) is 2.26. The topological polar surface area (TPSA) is 84.8 Å². The summed E-state index contributed by atoms with van der Waals surface area (Å²) in [5.74, 6) is -0.349. The summed E-state index contributed by atoms with van der Waals surface area (Å²) in [6.07, 6.45) is 1.16. The van der Waals surface area contributed by atoms with Gasteiger partial charge in [-0.1, -0.05) is 11.6 Å². The van der Waals surface area contributed by atoms with Crippen LogP contribution in [0.15, 0.2) is 6.33 Å². The van der Waals surface area contributed by atoms with Crippen molar-refractivity contribution >= 4 is 17.4 Å². The van der Waals surface area contributed by atoms with E-state index in [2.05, 4.69) is 4.98 Å². The van der Waals surface area contributed by atoms with E-state index in [0.717, 1.165) is 10.9 Å². The van der Waals surface area contributed by atoms with E-state index in [4.69, 9.17) is 16.9 Å². The number of halogens is 1. The average molecular weight is 187 g/mol.